The second-order valence-corrected chi connectivity index (χ2v) is 6.56. The summed E-state index contributed by atoms with van der Waals surface area (Å²) in [6.45, 7) is 5.69. The number of hydrogen-bond acceptors (Lipinski definition) is 5. The highest BCUT2D eigenvalue weighted by Crippen LogP contribution is 2.28. The average Bonchev–Trinajstić information content (AvgIpc) is 3.19. The highest BCUT2D eigenvalue weighted by Gasteiger charge is 2.36. The van der Waals surface area contributed by atoms with Crippen molar-refractivity contribution in [2.45, 2.75) is 31.5 Å². The van der Waals surface area contributed by atoms with Crippen LogP contribution in [-0.2, 0) is 26.9 Å². The van der Waals surface area contributed by atoms with Gasteiger partial charge in [0.15, 0.2) is 0 Å². The molecule has 0 spiro atoms. The first-order chi connectivity index (χ1) is 11.1. The summed E-state index contributed by atoms with van der Waals surface area (Å²) >= 11 is 0. The monoisotopic (exact) mass is 322 g/mol. The molecule has 7 heteroatoms. The molecule has 2 saturated heterocycles. The fraction of sp³-hybridized carbons (Fsp3) is 0.750. The molecule has 0 aromatic carbocycles. The van der Waals surface area contributed by atoms with Crippen LogP contribution >= 0.6 is 0 Å². The van der Waals surface area contributed by atoms with Gasteiger partial charge in [0.2, 0.25) is 5.91 Å². The first-order valence-corrected chi connectivity index (χ1v) is 8.30. The molecule has 0 bridgehead atoms. The van der Waals surface area contributed by atoms with Gasteiger partial charge in [0, 0.05) is 38.5 Å². The molecule has 1 aromatic rings. The summed E-state index contributed by atoms with van der Waals surface area (Å²) in [4.78, 5) is 14.3. The molecule has 1 N–H and O–H groups in total. The van der Waals surface area contributed by atoms with Crippen LogP contribution in [0.2, 0.25) is 0 Å². The molecule has 3 rings (SSSR count). The zero-order valence-corrected chi connectivity index (χ0v) is 14.0. The number of amides is 1. The third kappa shape index (κ3) is 3.91. The molecule has 0 aliphatic carbocycles. The van der Waals surface area contributed by atoms with E-state index in [9.17, 15) is 4.79 Å². The summed E-state index contributed by atoms with van der Waals surface area (Å²) in [5.41, 5.74) is 0.515. The van der Waals surface area contributed by atoms with Gasteiger partial charge in [0.25, 0.3) is 0 Å². The fourth-order valence-electron chi connectivity index (χ4n) is 3.21. The van der Waals surface area contributed by atoms with Gasteiger partial charge in [-0.25, -0.2) is 0 Å². The van der Waals surface area contributed by atoms with Gasteiger partial charge >= 0.3 is 0 Å². The lowest BCUT2D eigenvalue weighted by Crippen LogP contribution is -2.52. The number of hydrogen-bond donors (Lipinski definition) is 1. The molecule has 2 fully saturated rings. The molecule has 3 heterocycles. The highest BCUT2D eigenvalue weighted by atomic mass is 16.5. The molecule has 2 atom stereocenters. The molecule has 128 valence electrons. The lowest BCUT2D eigenvalue weighted by atomic mass is 9.97. The third-order valence-electron chi connectivity index (χ3n) is 4.61. The number of carbonyl (C=O) groups is 1. The summed E-state index contributed by atoms with van der Waals surface area (Å²) in [7, 11) is 1.88. The molecule has 0 unspecified atom stereocenters. The van der Waals surface area contributed by atoms with Crippen LogP contribution in [0.3, 0.4) is 0 Å². The predicted octanol–water partition coefficient (Wildman–Crippen LogP) is 0.263. The van der Waals surface area contributed by atoms with E-state index in [1.54, 1.807) is 4.68 Å². The van der Waals surface area contributed by atoms with Gasteiger partial charge in [-0.3, -0.25) is 9.48 Å². The van der Waals surface area contributed by atoms with Gasteiger partial charge in [-0.05, 0) is 19.8 Å². The first kappa shape index (κ1) is 16.4. The molecule has 1 amide bonds. The van der Waals surface area contributed by atoms with Crippen LogP contribution in [0.25, 0.3) is 0 Å². The highest BCUT2D eigenvalue weighted by molar-refractivity contribution is 5.78. The second-order valence-electron chi connectivity index (χ2n) is 6.56. The van der Waals surface area contributed by atoms with Crippen molar-refractivity contribution in [1.82, 2.24) is 20.0 Å². The molecule has 0 radical (unpaired) electrons. The molecule has 2 aliphatic heterocycles. The summed E-state index contributed by atoms with van der Waals surface area (Å²) in [6, 6.07) is 0. The lowest BCUT2D eigenvalue weighted by Gasteiger charge is -2.40. The lowest BCUT2D eigenvalue weighted by molar-refractivity contribution is -0.148. The number of nitrogens with one attached hydrogen (secondary N) is 1. The average molecular weight is 322 g/mol. The van der Waals surface area contributed by atoms with Gasteiger partial charge in [0.1, 0.15) is 5.60 Å². The van der Waals surface area contributed by atoms with Crippen LogP contribution in [0, 0.1) is 0 Å². The third-order valence-corrected chi connectivity index (χ3v) is 4.61. The van der Waals surface area contributed by atoms with Crippen molar-refractivity contribution < 1.29 is 14.3 Å². The Kier molecular flexibility index (Phi) is 4.99. The fourth-order valence-corrected chi connectivity index (χ4v) is 3.21. The second kappa shape index (κ2) is 6.98. The van der Waals surface area contributed by atoms with Crippen LogP contribution in [0.5, 0.6) is 0 Å². The predicted molar refractivity (Wildman–Crippen MR) is 84.9 cm³/mol. The van der Waals surface area contributed by atoms with Crippen LogP contribution in [0.1, 0.15) is 25.3 Å². The van der Waals surface area contributed by atoms with Crippen LogP contribution in [-0.4, -0.2) is 66.1 Å². The topological polar surface area (TPSA) is 68.6 Å². The molecule has 0 saturated carbocycles. The van der Waals surface area contributed by atoms with Crippen molar-refractivity contribution in [3.8, 4) is 0 Å². The Morgan fingerprint density at radius 3 is 3.09 bits per heavy atom. The van der Waals surface area contributed by atoms with E-state index in [1.807, 2.05) is 31.3 Å². The van der Waals surface area contributed by atoms with E-state index < -0.39 is 5.60 Å². The minimum atomic E-state index is -0.489. The molecular formula is C16H26N4O3. The van der Waals surface area contributed by atoms with E-state index in [-0.39, 0.29) is 12.0 Å². The summed E-state index contributed by atoms with van der Waals surface area (Å²) in [6.07, 6.45) is 6.21. The largest absolute Gasteiger partial charge is 0.377 e. The zero-order valence-electron chi connectivity index (χ0n) is 14.0. The number of aromatic nitrogens is 2. The van der Waals surface area contributed by atoms with E-state index in [2.05, 4.69) is 10.4 Å². The molecular weight excluding hydrogens is 296 g/mol. The van der Waals surface area contributed by atoms with Crippen molar-refractivity contribution >= 4 is 5.91 Å². The van der Waals surface area contributed by atoms with E-state index in [1.165, 1.54) is 0 Å². The quantitative estimate of drug-likeness (QED) is 0.842. The van der Waals surface area contributed by atoms with Crippen LogP contribution in [0.4, 0.5) is 0 Å². The van der Waals surface area contributed by atoms with E-state index in [0.717, 1.165) is 31.6 Å². The Balaban J connectivity index is 1.52. The van der Waals surface area contributed by atoms with Crippen molar-refractivity contribution in [3.05, 3.63) is 18.0 Å². The molecule has 2 aliphatic rings. The molecule has 23 heavy (non-hydrogen) atoms. The minimum absolute atomic E-state index is 0.112. The Labute approximate surface area is 136 Å². The Hall–Kier alpha value is -1.44. The van der Waals surface area contributed by atoms with Gasteiger partial charge in [0.05, 0.1) is 32.0 Å². The number of morpholine rings is 1. The van der Waals surface area contributed by atoms with Crippen molar-refractivity contribution in [2.24, 2.45) is 7.05 Å². The summed E-state index contributed by atoms with van der Waals surface area (Å²) in [5, 5.41) is 7.43. The van der Waals surface area contributed by atoms with Crippen LogP contribution < -0.4 is 5.32 Å². The minimum Gasteiger partial charge on any atom is -0.377 e. The number of carbonyl (C=O) groups excluding carboxylic acids is 1. The van der Waals surface area contributed by atoms with Crippen molar-refractivity contribution in [3.63, 3.8) is 0 Å². The van der Waals surface area contributed by atoms with E-state index in [0.29, 0.717) is 26.2 Å². The number of nitrogens with zero attached hydrogens (tertiary/aromatic N) is 3. The molecule has 1 aromatic heterocycles. The Bertz CT molecular complexity index is 541. The number of rotatable bonds is 5. The SMILES string of the molecule is Cn1cc([C@@]2(C)CN(C(=O)CNC[C@H]3CCCO3)CCO2)cn1. The number of aryl methyl sites for hydroxylation is 1. The van der Waals surface area contributed by atoms with Gasteiger partial charge < -0.3 is 19.7 Å². The normalized spacial score (nSPS) is 28.3. The zero-order chi connectivity index (χ0) is 16.3. The standard InChI is InChI=1S/C16H26N4O3/c1-16(13-8-18-19(2)11-13)12-20(5-7-23-16)15(21)10-17-9-14-4-3-6-22-14/h8,11,14,17H,3-7,9-10,12H2,1-2H3/t14-,16-/m1/s1. The van der Waals surface area contributed by atoms with E-state index >= 15 is 0 Å². The van der Waals surface area contributed by atoms with Gasteiger partial charge in [-0.1, -0.05) is 0 Å². The first-order valence-electron chi connectivity index (χ1n) is 8.30. The maximum Gasteiger partial charge on any atom is 0.236 e. The maximum absolute atomic E-state index is 12.4. The summed E-state index contributed by atoms with van der Waals surface area (Å²) in [5.74, 6) is 0.112. The summed E-state index contributed by atoms with van der Waals surface area (Å²) < 4.78 is 13.3. The number of ether oxygens (including phenoxy) is 2. The van der Waals surface area contributed by atoms with Crippen molar-refractivity contribution in [1.29, 1.82) is 0 Å². The molecule has 7 nitrogen and oxygen atoms in total. The van der Waals surface area contributed by atoms with E-state index in [4.69, 9.17) is 9.47 Å². The van der Waals surface area contributed by atoms with Crippen LogP contribution in [0.15, 0.2) is 12.4 Å². The van der Waals surface area contributed by atoms with Gasteiger partial charge in [-0.2, -0.15) is 5.10 Å². The Morgan fingerprint density at radius 2 is 2.39 bits per heavy atom. The van der Waals surface area contributed by atoms with Gasteiger partial charge in [-0.15, -0.1) is 0 Å². The maximum atomic E-state index is 12.4. The smallest absolute Gasteiger partial charge is 0.236 e. The van der Waals surface area contributed by atoms with Crippen molar-refractivity contribution in [2.75, 3.05) is 39.4 Å². The Morgan fingerprint density at radius 1 is 1.52 bits per heavy atom.